The van der Waals surface area contributed by atoms with Gasteiger partial charge in [-0.25, -0.2) is 0 Å². The van der Waals surface area contributed by atoms with Crippen molar-refractivity contribution in [3.63, 3.8) is 0 Å². The van der Waals surface area contributed by atoms with E-state index in [1.165, 1.54) is 27.6 Å². The zero-order chi connectivity index (χ0) is 15.6. The minimum Gasteiger partial charge on any atom is -0.343 e. The van der Waals surface area contributed by atoms with Gasteiger partial charge in [-0.1, -0.05) is 48.5 Å². The summed E-state index contributed by atoms with van der Waals surface area (Å²) in [6.45, 7) is 3.13. The summed E-state index contributed by atoms with van der Waals surface area (Å²) in [5.41, 5.74) is 5.52. The lowest BCUT2D eigenvalue weighted by Crippen LogP contribution is -2.23. The maximum Gasteiger partial charge on any atom is 0.0489 e. The minimum atomic E-state index is 0.926. The molecular formula is C21H22N2. The summed E-state index contributed by atoms with van der Waals surface area (Å²) in [6.07, 6.45) is 5.71. The molecule has 1 aliphatic heterocycles. The summed E-state index contributed by atoms with van der Waals surface area (Å²) >= 11 is 0. The molecule has 3 aromatic rings. The first kappa shape index (κ1) is 14.3. The normalized spacial score (nSPS) is 15.8. The van der Waals surface area contributed by atoms with Crippen LogP contribution in [0.4, 0.5) is 0 Å². The van der Waals surface area contributed by atoms with E-state index < -0.39 is 0 Å². The van der Waals surface area contributed by atoms with Gasteiger partial charge in [0.2, 0.25) is 0 Å². The van der Waals surface area contributed by atoms with Gasteiger partial charge in [-0.05, 0) is 47.7 Å². The molecule has 0 N–H and O–H groups in total. The molecule has 0 spiro atoms. The number of hydrogen-bond acceptors (Lipinski definition) is 1. The lowest BCUT2D eigenvalue weighted by Gasteiger charge is -2.22. The number of nitrogens with zero attached hydrogens (tertiary/aromatic N) is 2. The largest absolute Gasteiger partial charge is 0.343 e. The lowest BCUT2D eigenvalue weighted by atomic mass is 9.99. The predicted octanol–water partition coefficient (Wildman–Crippen LogP) is 4.41. The molecule has 2 nitrogen and oxygen atoms in total. The van der Waals surface area contributed by atoms with Gasteiger partial charge in [0.05, 0.1) is 0 Å². The Kier molecular flexibility index (Phi) is 3.76. The van der Waals surface area contributed by atoms with Crippen molar-refractivity contribution < 1.29 is 0 Å². The number of fused-ring (bicyclic) bond motifs is 1. The summed E-state index contributed by atoms with van der Waals surface area (Å²) in [6, 6.07) is 19.8. The maximum absolute atomic E-state index is 2.37. The number of hydrogen-bond donors (Lipinski definition) is 0. The molecule has 2 heterocycles. The smallest absolute Gasteiger partial charge is 0.0489 e. The first-order valence-corrected chi connectivity index (χ1v) is 8.30. The van der Waals surface area contributed by atoms with Crippen LogP contribution in [0.15, 0.2) is 66.9 Å². The quantitative estimate of drug-likeness (QED) is 0.696. The van der Waals surface area contributed by atoms with E-state index in [2.05, 4.69) is 83.4 Å². The van der Waals surface area contributed by atoms with E-state index in [4.69, 9.17) is 0 Å². The van der Waals surface area contributed by atoms with Crippen molar-refractivity contribution in [2.75, 3.05) is 20.1 Å². The summed E-state index contributed by atoms with van der Waals surface area (Å²) in [5.74, 6) is 0. The average Bonchev–Trinajstić information content (AvgIpc) is 2.99. The maximum atomic E-state index is 2.37. The second-order valence-electron chi connectivity index (χ2n) is 6.44. The fraction of sp³-hybridized carbons (Fsp3) is 0.238. The third-order valence-corrected chi connectivity index (χ3v) is 4.75. The van der Waals surface area contributed by atoms with Crippen molar-refractivity contribution in [2.45, 2.75) is 13.0 Å². The SMILES string of the molecule is CN1CC=C(c2ccc3ccn(Cc4ccccc4)c3c2)CC1. The van der Waals surface area contributed by atoms with E-state index in [1.54, 1.807) is 0 Å². The Bertz CT molecular complexity index is 843. The van der Waals surface area contributed by atoms with Gasteiger partial charge in [0.25, 0.3) is 0 Å². The van der Waals surface area contributed by atoms with Crippen LogP contribution in [-0.2, 0) is 6.54 Å². The summed E-state index contributed by atoms with van der Waals surface area (Å²) in [4.78, 5) is 2.36. The predicted molar refractivity (Wildman–Crippen MR) is 97.6 cm³/mol. The Morgan fingerprint density at radius 2 is 1.87 bits per heavy atom. The Labute approximate surface area is 137 Å². The van der Waals surface area contributed by atoms with Gasteiger partial charge < -0.3 is 9.47 Å². The zero-order valence-electron chi connectivity index (χ0n) is 13.6. The number of rotatable bonds is 3. The van der Waals surface area contributed by atoms with Crippen LogP contribution in [0.1, 0.15) is 17.5 Å². The molecule has 23 heavy (non-hydrogen) atoms. The van der Waals surface area contributed by atoms with Gasteiger partial charge >= 0.3 is 0 Å². The molecule has 0 amide bonds. The standard InChI is InChI=1S/C21H22N2/c1-22-12-9-18(10-13-22)20-8-7-19-11-14-23(21(19)15-20)16-17-5-3-2-4-6-17/h2-9,11,14-15H,10,12-13,16H2,1H3. The van der Waals surface area contributed by atoms with Crippen LogP contribution in [0, 0.1) is 0 Å². The Hall–Kier alpha value is -2.32. The van der Waals surface area contributed by atoms with E-state index in [0.717, 1.165) is 26.1 Å². The highest BCUT2D eigenvalue weighted by Crippen LogP contribution is 2.26. The van der Waals surface area contributed by atoms with E-state index >= 15 is 0 Å². The molecule has 0 atom stereocenters. The molecule has 0 radical (unpaired) electrons. The van der Waals surface area contributed by atoms with Crippen molar-refractivity contribution >= 4 is 16.5 Å². The van der Waals surface area contributed by atoms with Crippen molar-refractivity contribution in [3.8, 4) is 0 Å². The first-order chi connectivity index (χ1) is 11.3. The van der Waals surface area contributed by atoms with E-state index in [1.807, 2.05) is 0 Å². The summed E-state index contributed by atoms with van der Waals surface area (Å²) < 4.78 is 2.35. The van der Waals surface area contributed by atoms with Crippen LogP contribution in [0.25, 0.3) is 16.5 Å². The Morgan fingerprint density at radius 3 is 2.65 bits per heavy atom. The molecule has 0 unspecified atom stereocenters. The van der Waals surface area contributed by atoms with Crippen LogP contribution >= 0.6 is 0 Å². The number of likely N-dealkylation sites (N-methyl/N-ethyl adjacent to an activating group) is 1. The van der Waals surface area contributed by atoms with Gasteiger partial charge in [-0.3, -0.25) is 0 Å². The van der Waals surface area contributed by atoms with Gasteiger partial charge in [-0.2, -0.15) is 0 Å². The highest BCUT2D eigenvalue weighted by atomic mass is 15.1. The minimum absolute atomic E-state index is 0.926. The molecule has 116 valence electrons. The molecule has 4 rings (SSSR count). The van der Waals surface area contributed by atoms with Gasteiger partial charge in [-0.15, -0.1) is 0 Å². The molecule has 1 aliphatic rings. The monoisotopic (exact) mass is 302 g/mol. The van der Waals surface area contributed by atoms with E-state index in [0.29, 0.717) is 0 Å². The van der Waals surface area contributed by atoms with Gasteiger partial charge in [0.1, 0.15) is 0 Å². The topological polar surface area (TPSA) is 8.17 Å². The third kappa shape index (κ3) is 2.95. The Balaban J connectivity index is 1.69. The second-order valence-corrected chi connectivity index (χ2v) is 6.44. The third-order valence-electron chi connectivity index (χ3n) is 4.75. The molecule has 0 fully saturated rings. The van der Waals surface area contributed by atoms with Crippen LogP contribution in [0.2, 0.25) is 0 Å². The van der Waals surface area contributed by atoms with Gasteiger partial charge in [0, 0.05) is 31.3 Å². The van der Waals surface area contributed by atoms with Gasteiger partial charge in [0.15, 0.2) is 0 Å². The van der Waals surface area contributed by atoms with Crippen molar-refractivity contribution in [1.29, 1.82) is 0 Å². The fourth-order valence-corrected chi connectivity index (χ4v) is 3.33. The fourth-order valence-electron chi connectivity index (χ4n) is 3.33. The lowest BCUT2D eigenvalue weighted by molar-refractivity contribution is 0.370. The summed E-state index contributed by atoms with van der Waals surface area (Å²) in [7, 11) is 2.18. The molecule has 0 saturated heterocycles. The number of benzene rings is 2. The van der Waals surface area contributed by atoms with Crippen molar-refractivity contribution in [3.05, 3.63) is 78.0 Å². The molecule has 2 heteroatoms. The molecule has 2 aromatic carbocycles. The summed E-state index contributed by atoms with van der Waals surface area (Å²) in [5, 5.41) is 1.32. The van der Waals surface area contributed by atoms with Crippen molar-refractivity contribution in [1.82, 2.24) is 9.47 Å². The first-order valence-electron chi connectivity index (χ1n) is 8.30. The van der Waals surface area contributed by atoms with Crippen LogP contribution < -0.4 is 0 Å². The van der Waals surface area contributed by atoms with Crippen molar-refractivity contribution in [2.24, 2.45) is 0 Å². The average molecular weight is 302 g/mol. The van der Waals surface area contributed by atoms with E-state index in [-0.39, 0.29) is 0 Å². The molecule has 0 bridgehead atoms. The zero-order valence-corrected chi connectivity index (χ0v) is 13.6. The van der Waals surface area contributed by atoms with E-state index in [9.17, 15) is 0 Å². The molecule has 0 aliphatic carbocycles. The van der Waals surface area contributed by atoms with Crippen LogP contribution in [-0.4, -0.2) is 29.6 Å². The number of aromatic nitrogens is 1. The van der Waals surface area contributed by atoms with Crippen LogP contribution in [0.5, 0.6) is 0 Å². The molecule has 1 aromatic heterocycles. The Morgan fingerprint density at radius 1 is 1.00 bits per heavy atom. The highest BCUT2D eigenvalue weighted by Gasteiger charge is 2.11. The highest BCUT2D eigenvalue weighted by molar-refractivity contribution is 5.84. The molecular weight excluding hydrogens is 280 g/mol. The van der Waals surface area contributed by atoms with Crippen LogP contribution in [0.3, 0.4) is 0 Å². The second kappa shape index (κ2) is 6.05. The molecule has 0 saturated carbocycles.